The maximum Gasteiger partial charge on any atom is 0.160 e. The highest BCUT2D eigenvalue weighted by Gasteiger charge is 2.25. The Balaban J connectivity index is 1.23. The first-order valence-electron chi connectivity index (χ1n) is 15.9. The Morgan fingerprint density at radius 1 is 0.468 bits per heavy atom. The number of rotatable bonds is 5. The molecule has 1 N–H and O–H groups in total. The van der Waals surface area contributed by atoms with Crippen LogP contribution in [-0.4, -0.2) is 11.7 Å². The molecule has 0 saturated carbocycles. The lowest BCUT2D eigenvalue weighted by Gasteiger charge is -2.24. The highest BCUT2D eigenvalue weighted by molar-refractivity contribution is 6.25. The second-order valence-electron chi connectivity index (χ2n) is 11.8. The summed E-state index contributed by atoms with van der Waals surface area (Å²) in [6.45, 7) is 0. The molecule has 9 rings (SSSR count). The number of hydrogen-bond acceptors (Lipinski definition) is 4. The van der Waals surface area contributed by atoms with E-state index in [0.717, 1.165) is 66.4 Å². The Morgan fingerprint density at radius 3 is 1.83 bits per heavy atom. The van der Waals surface area contributed by atoms with Gasteiger partial charge in [0.05, 0.1) is 0 Å². The van der Waals surface area contributed by atoms with Crippen LogP contribution in [-0.2, 0) is 0 Å². The molecule has 4 heteroatoms. The lowest BCUT2D eigenvalue weighted by Crippen LogP contribution is -2.33. The molecule has 0 bridgehead atoms. The molecule has 1 aromatic heterocycles. The molecular formula is C43H29N3O. The van der Waals surface area contributed by atoms with Crippen molar-refractivity contribution < 1.29 is 4.42 Å². The van der Waals surface area contributed by atoms with Crippen molar-refractivity contribution in [3.05, 3.63) is 180 Å². The average molecular weight is 604 g/mol. The summed E-state index contributed by atoms with van der Waals surface area (Å²) < 4.78 is 6.51. The third-order valence-corrected chi connectivity index (χ3v) is 8.97. The molecule has 0 saturated heterocycles. The third kappa shape index (κ3) is 4.79. The van der Waals surface area contributed by atoms with Crippen LogP contribution in [0.15, 0.2) is 178 Å². The van der Waals surface area contributed by atoms with Crippen LogP contribution in [0.1, 0.15) is 22.9 Å². The van der Waals surface area contributed by atoms with E-state index in [1.54, 1.807) is 0 Å². The number of fused-ring (bicyclic) bond motifs is 4. The van der Waals surface area contributed by atoms with Crippen molar-refractivity contribution in [2.75, 3.05) is 0 Å². The summed E-state index contributed by atoms with van der Waals surface area (Å²) in [6, 6.07) is 56.8. The van der Waals surface area contributed by atoms with Gasteiger partial charge in [0.25, 0.3) is 0 Å². The van der Waals surface area contributed by atoms with Gasteiger partial charge in [-0.3, -0.25) is 0 Å². The smallest absolute Gasteiger partial charge is 0.160 e. The van der Waals surface area contributed by atoms with Crippen LogP contribution in [0.25, 0.3) is 55.0 Å². The van der Waals surface area contributed by atoms with Crippen LogP contribution in [0, 0.1) is 0 Å². The fourth-order valence-corrected chi connectivity index (χ4v) is 6.71. The fraction of sp³-hybridized carbons (Fsp3) is 0.0233. The standard InChI is InChI=1S/C43H29N3O/c1-3-12-28(13-4-1)29-24-26-31(27-25-29)34-19-10-22-37-39(34)40-36(21-11-23-38(40)47-37)43-45-41(32-15-5-2-6-16-32)44-42(46-43)35-20-9-17-30-14-7-8-18-33(30)35/h1-27,41H,(H,44,45,46). The van der Waals surface area contributed by atoms with Crippen molar-refractivity contribution in [1.82, 2.24) is 5.32 Å². The van der Waals surface area contributed by atoms with E-state index >= 15 is 0 Å². The van der Waals surface area contributed by atoms with E-state index in [2.05, 4.69) is 139 Å². The maximum absolute atomic E-state index is 6.51. The molecule has 47 heavy (non-hydrogen) atoms. The highest BCUT2D eigenvalue weighted by atomic mass is 16.3. The molecule has 0 aliphatic carbocycles. The molecule has 1 aliphatic heterocycles. The zero-order valence-electron chi connectivity index (χ0n) is 25.5. The van der Waals surface area contributed by atoms with E-state index in [4.69, 9.17) is 14.4 Å². The minimum Gasteiger partial charge on any atom is -0.456 e. The van der Waals surface area contributed by atoms with Crippen molar-refractivity contribution in [3.63, 3.8) is 0 Å². The lowest BCUT2D eigenvalue weighted by molar-refractivity contribution is 0.668. The molecule has 1 aliphatic rings. The molecule has 0 fully saturated rings. The molecule has 0 amide bonds. The van der Waals surface area contributed by atoms with Crippen LogP contribution < -0.4 is 5.32 Å². The van der Waals surface area contributed by atoms with Gasteiger partial charge in [-0.15, -0.1) is 0 Å². The van der Waals surface area contributed by atoms with Gasteiger partial charge in [0.1, 0.15) is 23.2 Å². The van der Waals surface area contributed by atoms with Crippen molar-refractivity contribution in [3.8, 4) is 22.3 Å². The first-order chi connectivity index (χ1) is 23.3. The number of amidine groups is 2. The zero-order valence-corrected chi connectivity index (χ0v) is 25.5. The highest BCUT2D eigenvalue weighted by Crippen LogP contribution is 2.39. The van der Waals surface area contributed by atoms with Crippen LogP contribution in [0.2, 0.25) is 0 Å². The predicted octanol–water partition coefficient (Wildman–Crippen LogP) is 10.6. The predicted molar refractivity (Wildman–Crippen MR) is 194 cm³/mol. The zero-order chi connectivity index (χ0) is 31.2. The van der Waals surface area contributed by atoms with Gasteiger partial charge in [-0.2, -0.15) is 0 Å². The normalized spacial score (nSPS) is 14.6. The number of benzene rings is 7. The van der Waals surface area contributed by atoms with E-state index in [1.165, 1.54) is 11.1 Å². The number of hydrogen-bond donors (Lipinski definition) is 1. The maximum atomic E-state index is 6.51. The van der Waals surface area contributed by atoms with Crippen molar-refractivity contribution in [2.45, 2.75) is 6.17 Å². The summed E-state index contributed by atoms with van der Waals surface area (Å²) in [4.78, 5) is 10.4. The first kappa shape index (κ1) is 27.1. The largest absolute Gasteiger partial charge is 0.456 e. The van der Waals surface area contributed by atoms with Gasteiger partial charge in [0, 0.05) is 21.9 Å². The quantitative estimate of drug-likeness (QED) is 0.213. The van der Waals surface area contributed by atoms with Crippen LogP contribution >= 0.6 is 0 Å². The fourth-order valence-electron chi connectivity index (χ4n) is 6.71. The third-order valence-electron chi connectivity index (χ3n) is 8.97. The number of furan rings is 1. The van der Waals surface area contributed by atoms with Gasteiger partial charge in [0.2, 0.25) is 0 Å². The lowest BCUT2D eigenvalue weighted by atomic mass is 9.95. The molecule has 7 aromatic carbocycles. The summed E-state index contributed by atoms with van der Waals surface area (Å²) in [5, 5.41) is 8.07. The molecule has 8 aromatic rings. The second kappa shape index (κ2) is 11.3. The SMILES string of the molecule is c1ccc(-c2ccc(-c3cccc4oc5cccc(C6=NC(c7cccc8ccccc78)=NC(c7ccccc7)N6)c5c34)cc2)cc1. The van der Waals surface area contributed by atoms with Gasteiger partial charge in [-0.05, 0) is 50.7 Å². The minimum absolute atomic E-state index is 0.309. The molecule has 1 unspecified atom stereocenters. The van der Waals surface area contributed by atoms with E-state index in [1.807, 2.05) is 30.3 Å². The summed E-state index contributed by atoms with van der Waals surface area (Å²) in [6.07, 6.45) is -0.309. The monoisotopic (exact) mass is 603 g/mol. The van der Waals surface area contributed by atoms with Crippen LogP contribution in [0.3, 0.4) is 0 Å². The minimum atomic E-state index is -0.309. The van der Waals surface area contributed by atoms with Gasteiger partial charge in [-0.25, -0.2) is 9.98 Å². The van der Waals surface area contributed by atoms with Gasteiger partial charge < -0.3 is 9.73 Å². The van der Waals surface area contributed by atoms with Gasteiger partial charge in [-0.1, -0.05) is 152 Å². The van der Waals surface area contributed by atoms with Gasteiger partial charge >= 0.3 is 0 Å². The van der Waals surface area contributed by atoms with E-state index in [0.29, 0.717) is 5.84 Å². The Morgan fingerprint density at radius 2 is 1.04 bits per heavy atom. The van der Waals surface area contributed by atoms with Crippen LogP contribution in [0.4, 0.5) is 0 Å². The second-order valence-corrected chi connectivity index (χ2v) is 11.8. The summed E-state index contributed by atoms with van der Waals surface area (Å²) in [7, 11) is 0. The molecule has 222 valence electrons. The average Bonchev–Trinajstić information content (AvgIpc) is 3.54. The van der Waals surface area contributed by atoms with Crippen LogP contribution in [0.5, 0.6) is 0 Å². The summed E-state index contributed by atoms with van der Waals surface area (Å²) >= 11 is 0. The number of nitrogens with zero attached hydrogens (tertiary/aromatic N) is 2. The van der Waals surface area contributed by atoms with Crippen molar-refractivity contribution in [2.24, 2.45) is 9.98 Å². The summed E-state index contributed by atoms with van der Waals surface area (Å²) in [5.41, 5.74) is 9.35. The molecule has 4 nitrogen and oxygen atoms in total. The molecule has 0 radical (unpaired) electrons. The Labute approximate surface area is 272 Å². The number of aliphatic imine (C=N–C) groups is 2. The topological polar surface area (TPSA) is 49.9 Å². The van der Waals surface area contributed by atoms with Crippen molar-refractivity contribution >= 4 is 44.4 Å². The molecule has 2 heterocycles. The van der Waals surface area contributed by atoms with Crippen molar-refractivity contribution in [1.29, 1.82) is 0 Å². The first-order valence-corrected chi connectivity index (χ1v) is 15.9. The van der Waals surface area contributed by atoms with E-state index in [-0.39, 0.29) is 6.17 Å². The Kier molecular flexibility index (Phi) is 6.50. The Bertz CT molecular complexity index is 2470. The van der Waals surface area contributed by atoms with Gasteiger partial charge in [0.15, 0.2) is 5.84 Å². The molecule has 1 atom stereocenters. The molecular weight excluding hydrogens is 574 g/mol. The Hall–Kier alpha value is -6.26. The van der Waals surface area contributed by atoms with E-state index < -0.39 is 0 Å². The molecule has 0 spiro atoms. The number of nitrogens with one attached hydrogen (secondary N) is 1. The van der Waals surface area contributed by atoms with E-state index in [9.17, 15) is 0 Å². The summed E-state index contributed by atoms with van der Waals surface area (Å²) in [5.74, 6) is 1.46.